The van der Waals surface area contributed by atoms with E-state index in [-0.39, 0.29) is 12.8 Å². The van der Waals surface area contributed by atoms with Crippen LogP contribution < -0.4 is 0 Å². The number of hydrogen-bond acceptors (Lipinski definition) is 1. The summed E-state index contributed by atoms with van der Waals surface area (Å²) in [7, 11) is 0. The second-order valence-electron chi connectivity index (χ2n) is 2.11. The van der Waals surface area contributed by atoms with Crippen molar-refractivity contribution in [1.29, 1.82) is 0 Å². The molecule has 0 aliphatic heterocycles. The number of carbonyl (C=O) groups is 1. The smallest absolute Gasteiger partial charge is 0.303 e. The van der Waals surface area contributed by atoms with Gasteiger partial charge in [-0.25, -0.2) is 0 Å². The van der Waals surface area contributed by atoms with Gasteiger partial charge in [0.15, 0.2) is 0 Å². The van der Waals surface area contributed by atoms with Gasteiger partial charge >= 0.3 is 5.97 Å². The summed E-state index contributed by atoms with van der Waals surface area (Å²) in [5.74, 6) is -1.73. The number of carboxylic acid groups (broad SMARTS) is 1. The number of carboxylic acids is 1. The van der Waals surface area contributed by atoms with Crippen molar-refractivity contribution in [2.75, 3.05) is 13.3 Å². The normalized spacial score (nSPS) is 10.3. The molecule has 2 nitrogen and oxygen atoms in total. The molecule has 0 radical (unpaired) electrons. The van der Waals surface area contributed by atoms with Gasteiger partial charge in [-0.1, -0.05) is 0 Å². The fourth-order valence-corrected chi connectivity index (χ4v) is 0.523. The van der Waals surface area contributed by atoms with E-state index in [2.05, 4.69) is 0 Å². The van der Waals surface area contributed by atoms with Crippen molar-refractivity contribution in [1.82, 2.24) is 0 Å². The molecule has 0 spiro atoms. The first-order chi connectivity index (χ1) is 4.70. The average Bonchev–Trinajstić information content (AvgIpc) is 1.90. The summed E-state index contributed by atoms with van der Waals surface area (Å²) in [6.07, 6.45) is -0.0686. The molecule has 0 saturated carbocycles. The molecule has 1 N–H and O–H groups in total. The first-order valence-corrected chi connectivity index (χ1v) is 3.04. The molecule has 0 amide bonds. The highest BCUT2D eigenvalue weighted by molar-refractivity contribution is 5.66. The molecule has 60 valence electrons. The quantitative estimate of drug-likeness (QED) is 0.646. The standard InChI is InChI=1S/C6H10F2O2/c7-3-5(4-8)1-2-6(9)10/h5H,1-4H2,(H,9,10). The summed E-state index contributed by atoms with van der Waals surface area (Å²) in [5.41, 5.74) is 0. The lowest BCUT2D eigenvalue weighted by atomic mass is 10.1. The minimum absolute atomic E-state index is 0.0856. The Labute approximate surface area is 57.9 Å². The van der Waals surface area contributed by atoms with Gasteiger partial charge in [0.2, 0.25) is 0 Å². The third-order valence-corrected chi connectivity index (χ3v) is 1.20. The fourth-order valence-electron chi connectivity index (χ4n) is 0.523. The molecule has 0 bridgehead atoms. The lowest BCUT2D eigenvalue weighted by molar-refractivity contribution is -0.137. The zero-order valence-electron chi connectivity index (χ0n) is 5.52. The van der Waals surface area contributed by atoms with Gasteiger partial charge in [0.05, 0.1) is 13.3 Å². The van der Waals surface area contributed by atoms with Crippen LogP contribution in [0.3, 0.4) is 0 Å². The van der Waals surface area contributed by atoms with Gasteiger partial charge < -0.3 is 5.11 Å². The lowest BCUT2D eigenvalue weighted by Gasteiger charge is -2.04. The van der Waals surface area contributed by atoms with E-state index in [4.69, 9.17) is 5.11 Å². The maximum absolute atomic E-state index is 11.7. The van der Waals surface area contributed by atoms with Crippen molar-refractivity contribution in [3.63, 3.8) is 0 Å². The highest BCUT2D eigenvalue weighted by Gasteiger charge is 2.09. The maximum atomic E-state index is 11.7. The number of hydrogen-bond donors (Lipinski definition) is 1. The first kappa shape index (κ1) is 9.33. The fraction of sp³-hybridized carbons (Fsp3) is 0.833. The van der Waals surface area contributed by atoms with Crippen LogP contribution in [0, 0.1) is 5.92 Å². The summed E-state index contributed by atoms with van der Waals surface area (Å²) in [6, 6.07) is 0. The molecular weight excluding hydrogens is 142 g/mol. The SMILES string of the molecule is O=C(O)CCC(CF)CF. The molecular formula is C6H10F2O2. The molecule has 0 aromatic carbocycles. The van der Waals surface area contributed by atoms with Crippen LogP contribution in [0.5, 0.6) is 0 Å². The number of alkyl halides is 2. The monoisotopic (exact) mass is 152 g/mol. The van der Waals surface area contributed by atoms with Gasteiger partial charge in [-0.3, -0.25) is 13.6 Å². The molecule has 0 unspecified atom stereocenters. The highest BCUT2D eigenvalue weighted by atomic mass is 19.1. The third-order valence-electron chi connectivity index (χ3n) is 1.20. The third kappa shape index (κ3) is 4.23. The summed E-state index contributed by atoms with van der Waals surface area (Å²) < 4.78 is 23.4. The van der Waals surface area contributed by atoms with Crippen molar-refractivity contribution in [3.05, 3.63) is 0 Å². The van der Waals surface area contributed by atoms with Crippen molar-refractivity contribution in [2.45, 2.75) is 12.8 Å². The number of halogens is 2. The molecule has 0 aliphatic carbocycles. The van der Waals surface area contributed by atoms with Crippen molar-refractivity contribution < 1.29 is 18.7 Å². The Morgan fingerprint density at radius 2 is 1.90 bits per heavy atom. The summed E-state index contributed by atoms with van der Waals surface area (Å²) >= 11 is 0. The first-order valence-electron chi connectivity index (χ1n) is 3.04. The molecule has 0 aliphatic rings. The van der Waals surface area contributed by atoms with E-state index in [1.54, 1.807) is 0 Å². The second kappa shape index (κ2) is 5.14. The van der Waals surface area contributed by atoms with Crippen molar-refractivity contribution in [3.8, 4) is 0 Å². The Balaban J connectivity index is 3.34. The molecule has 0 atom stereocenters. The number of rotatable bonds is 5. The van der Waals surface area contributed by atoms with Crippen molar-refractivity contribution >= 4 is 5.97 Å². The van der Waals surface area contributed by atoms with Crippen LogP contribution in [0.15, 0.2) is 0 Å². The molecule has 0 aromatic rings. The topological polar surface area (TPSA) is 37.3 Å². The Morgan fingerprint density at radius 3 is 2.20 bits per heavy atom. The summed E-state index contributed by atoms with van der Waals surface area (Å²) in [5, 5.41) is 8.11. The molecule has 10 heavy (non-hydrogen) atoms. The Bertz CT molecular complexity index is 102. The number of aliphatic carboxylic acids is 1. The summed E-state index contributed by atoms with van der Waals surface area (Å²) in [6.45, 7) is -1.55. The Kier molecular flexibility index (Phi) is 4.80. The van der Waals surface area contributed by atoms with Gasteiger partial charge in [0.25, 0.3) is 0 Å². The van der Waals surface area contributed by atoms with Crippen LogP contribution in [0.25, 0.3) is 0 Å². The molecule has 0 fully saturated rings. The van der Waals surface area contributed by atoms with E-state index >= 15 is 0 Å². The van der Waals surface area contributed by atoms with E-state index in [1.807, 2.05) is 0 Å². The van der Waals surface area contributed by atoms with Gasteiger partial charge in [0.1, 0.15) is 0 Å². The largest absolute Gasteiger partial charge is 0.481 e. The second-order valence-corrected chi connectivity index (χ2v) is 2.11. The maximum Gasteiger partial charge on any atom is 0.303 e. The Morgan fingerprint density at radius 1 is 1.40 bits per heavy atom. The lowest BCUT2D eigenvalue weighted by Crippen LogP contribution is -2.08. The molecule has 0 aromatic heterocycles. The molecule has 0 saturated heterocycles. The van der Waals surface area contributed by atoms with E-state index in [0.717, 1.165) is 0 Å². The van der Waals surface area contributed by atoms with Gasteiger partial charge in [-0.2, -0.15) is 0 Å². The minimum atomic E-state index is -1.01. The van der Waals surface area contributed by atoms with Crippen LogP contribution in [0.2, 0.25) is 0 Å². The molecule has 0 rings (SSSR count). The van der Waals surface area contributed by atoms with Crippen LogP contribution in [-0.4, -0.2) is 24.4 Å². The predicted molar refractivity (Wildman–Crippen MR) is 32.3 cm³/mol. The van der Waals surface area contributed by atoms with E-state index < -0.39 is 25.2 Å². The van der Waals surface area contributed by atoms with E-state index in [1.165, 1.54) is 0 Å². The molecule has 4 heteroatoms. The van der Waals surface area contributed by atoms with Crippen LogP contribution in [-0.2, 0) is 4.79 Å². The van der Waals surface area contributed by atoms with E-state index in [0.29, 0.717) is 0 Å². The van der Waals surface area contributed by atoms with E-state index in [9.17, 15) is 13.6 Å². The van der Waals surface area contributed by atoms with Gasteiger partial charge in [0, 0.05) is 12.3 Å². The zero-order chi connectivity index (χ0) is 7.98. The van der Waals surface area contributed by atoms with Gasteiger partial charge in [-0.05, 0) is 6.42 Å². The predicted octanol–water partition coefficient (Wildman–Crippen LogP) is 1.41. The zero-order valence-corrected chi connectivity index (χ0v) is 5.52. The minimum Gasteiger partial charge on any atom is -0.481 e. The van der Waals surface area contributed by atoms with Crippen molar-refractivity contribution in [2.24, 2.45) is 5.92 Å². The van der Waals surface area contributed by atoms with Gasteiger partial charge in [-0.15, -0.1) is 0 Å². The van der Waals surface area contributed by atoms with Crippen LogP contribution in [0.4, 0.5) is 8.78 Å². The molecule has 0 heterocycles. The van der Waals surface area contributed by atoms with Crippen LogP contribution >= 0.6 is 0 Å². The summed E-state index contributed by atoms with van der Waals surface area (Å²) in [4.78, 5) is 9.89. The Hall–Kier alpha value is -0.670. The average molecular weight is 152 g/mol. The highest BCUT2D eigenvalue weighted by Crippen LogP contribution is 2.07. The van der Waals surface area contributed by atoms with Crippen LogP contribution in [0.1, 0.15) is 12.8 Å².